The molecule has 0 unspecified atom stereocenters. The smallest absolute Gasteiger partial charge is 0.338 e. The van der Waals surface area contributed by atoms with Crippen molar-refractivity contribution < 1.29 is 24.0 Å². The first kappa shape index (κ1) is 14.2. The van der Waals surface area contributed by atoms with Crippen LogP contribution in [0, 0.1) is 15.9 Å². The molecule has 108 valence electrons. The molecule has 1 N–H and O–H groups in total. The lowest BCUT2D eigenvalue weighted by atomic mass is 9.98. The van der Waals surface area contributed by atoms with Crippen LogP contribution in [-0.4, -0.2) is 22.1 Å². The van der Waals surface area contributed by atoms with Gasteiger partial charge in [-0.1, -0.05) is 6.42 Å². The fourth-order valence-electron chi connectivity index (χ4n) is 2.31. The quantitative estimate of drug-likeness (QED) is 0.677. The summed E-state index contributed by atoms with van der Waals surface area (Å²) in [6.45, 7) is 0. The average molecular weight is 283 g/mol. The zero-order chi connectivity index (χ0) is 14.7. The van der Waals surface area contributed by atoms with Crippen LogP contribution in [0.2, 0.25) is 0 Å². The predicted octanol–water partition coefficient (Wildman–Crippen LogP) is 3.14. The summed E-state index contributed by atoms with van der Waals surface area (Å²) in [6.07, 6.45) is 4.37. The van der Waals surface area contributed by atoms with Gasteiger partial charge >= 0.3 is 11.7 Å². The highest BCUT2D eigenvalue weighted by Crippen LogP contribution is 2.33. The van der Waals surface area contributed by atoms with E-state index in [2.05, 4.69) is 0 Å². The summed E-state index contributed by atoms with van der Waals surface area (Å²) in [5, 5.41) is 19.7. The van der Waals surface area contributed by atoms with Gasteiger partial charge in [0, 0.05) is 12.1 Å². The molecule has 6 nitrogen and oxygen atoms in total. The van der Waals surface area contributed by atoms with Crippen molar-refractivity contribution in [1.29, 1.82) is 0 Å². The SMILES string of the molecule is O=C(O)c1cc([N+](=O)[O-])c(OC2CCCCC2)cc1F. The van der Waals surface area contributed by atoms with Gasteiger partial charge in [0.1, 0.15) is 11.4 Å². The lowest BCUT2D eigenvalue weighted by Gasteiger charge is -2.22. The van der Waals surface area contributed by atoms with Crippen LogP contribution < -0.4 is 4.74 Å². The van der Waals surface area contributed by atoms with Crippen molar-refractivity contribution in [3.63, 3.8) is 0 Å². The van der Waals surface area contributed by atoms with Gasteiger partial charge in [-0.25, -0.2) is 9.18 Å². The number of carbonyl (C=O) groups is 1. The van der Waals surface area contributed by atoms with Crippen LogP contribution in [0.5, 0.6) is 5.75 Å². The van der Waals surface area contributed by atoms with Crippen LogP contribution in [0.25, 0.3) is 0 Å². The number of carboxylic acids is 1. The highest BCUT2D eigenvalue weighted by molar-refractivity contribution is 5.89. The van der Waals surface area contributed by atoms with Crippen molar-refractivity contribution in [2.24, 2.45) is 0 Å². The van der Waals surface area contributed by atoms with Gasteiger partial charge < -0.3 is 9.84 Å². The number of ether oxygens (including phenoxy) is 1. The zero-order valence-corrected chi connectivity index (χ0v) is 10.7. The third-order valence-corrected chi connectivity index (χ3v) is 3.32. The Morgan fingerprint density at radius 1 is 1.35 bits per heavy atom. The highest BCUT2D eigenvalue weighted by Gasteiger charge is 2.25. The molecular weight excluding hydrogens is 269 g/mol. The minimum Gasteiger partial charge on any atom is -0.483 e. The molecule has 20 heavy (non-hydrogen) atoms. The summed E-state index contributed by atoms with van der Waals surface area (Å²) in [6, 6.07) is 1.49. The minimum atomic E-state index is -1.55. The van der Waals surface area contributed by atoms with E-state index in [0.717, 1.165) is 38.2 Å². The number of aromatic carboxylic acids is 1. The van der Waals surface area contributed by atoms with Gasteiger partial charge in [-0.3, -0.25) is 10.1 Å². The Bertz CT molecular complexity index is 540. The maximum Gasteiger partial charge on any atom is 0.338 e. The van der Waals surface area contributed by atoms with Crippen LogP contribution in [-0.2, 0) is 0 Å². The molecule has 0 atom stereocenters. The zero-order valence-electron chi connectivity index (χ0n) is 10.7. The van der Waals surface area contributed by atoms with Crippen LogP contribution in [0.1, 0.15) is 42.5 Å². The summed E-state index contributed by atoms with van der Waals surface area (Å²) < 4.78 is 19.1. The Balaban J connectivity index is 2.33. The van der Waals surface area contributed by atoms with Crippen LogP contribution in [0.15, 0.2) is 12.1 Å². The van der Waals surface area contributed by atoms with E-state index in [-0.39, 0.29) is 11.9 Å². The van der Waals surface area contributed by atoms with E-state index in [4.69, 9.17) is 9.84 Å². The molecule has 0 amide bonds. The highest BCUT2D eigenvalue weighted by atomic mass is 19.1. The summed E-state index contributed by atoms with van der Waals surface area (Å²) in [5.41, 5.74) is -1.25. The Hall–Kier alpha value is -2.18. The molecule has 2 rings (SSSR count). The molecule has 1 fully saturated rings. The molecule has 0 heterocycles. The molecule has 1 aromatic carbocycles. The van der Waals surface area contributed by atoms with E-state index < -0.39 is 28.0 Å². The standard InChI is InChI=1S/C13H14FNO5/c14-10-7-12(20-8-4-2-1-3-5-8)11(15(18)19)6-9(10)13(16)17/h6-8H,1-5H2,(H,16,17). The Kier molecular flexibility index (Phi) is 4.16. The molecule has 1 aliphatic carbocycles. The molecule has 0 aliphatic heterocycles. The van der Waals surface area contributed by atoms with Gasteiger partial charge in [0.2, 0.25) is 0 Å². The number of nitro groups is 1. The van der Waals surface area contributed by atoms with E-state index in [0.29, 0.717) is 6.07 Å². The van der Waals surface area contributed by atoms with Crippen molar-refractivity contribution in [1.82, 2.24) is 0 Å². The first-order valence-electron chi connectivity index (χ1n) is 6.37. The van der Waals surface area contributed by atoms with Gasteiger partial charge in [-0.2, -0.15) is 0 Å². The molecule has 1 aliphatic rings. The second-order valence-corrected chi connectivity index (χ2v) is 4.74. The van der Waals surface area contributed by atoms with E-state index in [1.807, 2.05) is 0 Å². The van der Waals surface area contributed by atoms with E-state index in [1.165, 1.54) is 0 Å². The molecule has 1 saturated carbocycles. The Labute approximate surface area is 114 Å². The van der Waals surface area contributed by atoms with Crippen molar-refractivity contribution in [2.45, 2.75) is 38.2 Å². The summed E-state index contributed by atoms with van der Waals surface area (Å²) >= 11 is 0. The number of hydrogen-bond acceptors (Lipinski definition) is 4. The number of benzene rings is 1. The fraction of sp³-hybridized carbons (Fsp3) is 0.462. The Morgan fingerprint density at radius 2 is 2.00 bits per heavy atom. The summed E-state index contributed by atoms with van der Waals surface area (Å²) in [5.74, 6) is -2.78. The molecule has 7 heteroatoms. The number of carboxylic acid groups (broad SMARTS) is 1. The average Bonchev–Trinajstić information content (AvgIpc) is 2.39. The molecule has 1 aromatic rings. The second-order valence-electron chi connectivity index (χ2n) is 4.74. The first-order chi connectivity index (χ1) is 9.49. The first-order valence-corrected chi connectivity index (χ1v) is 6.37. The fourth-order valence-corrected chi connectivity index (χ4v) is 2.31. The van der Waals surface area contributed by atoms with Crippen molar-refractivity contribution in [3.05, 3.63) is 33.6 Å². The van der Waals surface area contributed by atoms with Gasteiger partial charge in [0.15, 0.2) is 5.75 Å². The van der Waals surface area contributed by atoms with Gasteiger partial charge in [-0.05, 0) is 25.7 Å². The van der Waals surface area contributed by atoms with E-state index >= 15 is 0 Å². The van der Waals surface area contributed by atoms with Crippen LogP contribution in [0.4, 0.5) is 10.1 Å². The third kappa shape index (κ3) is 3.04. The van der Waals surface area contributed by atoms with Crippen molar-refractivity contribution in [3.8, 4) is 5.75 Å². The molecule has 0 bridgehead atoms. The van der Waals surface area contributed by atoms with Gasteiger partial charge in [0.05, 0.1) is 11.0 Å². The predicted molar refractivity (Wildman–Crippen MR) is 67.5 cm³/mol. The lowest BCUT2D eigenvalue weighted by Crippen LogP contribution is -2.20. The van der Waals surface area contributed by atoms with Crippen LogP contribution in [0.3, 0.4) is 0 Å². The summed E-state index contributed by atoms with van der Waals surface area (Å²) in [7, 11) is 0. The molecule has 0 aromatic heterocycles. The topological polar surface area (TPSA) is 89.7 Å². The summed E-state index contributed by atoms with van der Waals surface area (Å²) in [4.78, 5) is 21.0. The number of halogens is 1. The molecule has 0 spiro atoms. The van der Waals surface area contributed by atoms with Crippen LogP contribution >= 0.6 is 0 Å². The van der Waals surface area contributed by atoms with Gasteiger partial charge in [-0.15, -0.1) is 0 Å². The normalized spacial score (nSPS) is 15.8. The number of rotatable bonds is 4. The largest absolute Gasteiger partial charge is 0.483 e. The van der Waals surface area contributed by atoms with E-state index in [1.54, 1.807) is 0 Å². The molecular formula is C13H14FNO5. The van der Waals surface area contributed by atoms with E-state index in [9.17, 15) is 19.3 Å². The maximum atomic E-state index is 13.6. The maximum absolute atomic E-state index is 13.6. The number of nitro benzene ring substituents is 1. The van der Waals surface area contributed by atoms with Crippen molar-refractivity contribution in [2.75, 3.05) is 0 Å². The third-order valence-electron chi connectivity index (χ3n) is 3.32. The molecule has 0 saturated heterocycles. The minimum absolute atomic E-state index is 0.183. The monoisotopic (exact) mass is 283 g/mol. The Morgan fingerprint density at radius 3 is 2.55 bits per heavy atom. The lowest BCUT2D eigenvalue weighted by molar-refractivity contribution is -0.386. The molecule has 0 radical (unpaired) electrons. The number of nitrogens with zero attached hydrogens (tertiary/aromatic N) is 1. The number of hydrogen-bond donors (Lipinski definition) is 1. The second kappa shape index (κ2) is 5.85. The van der Waals surface area contributed by atoms with Crippen molar-refractivity contribution >= 4 is 11.7 Å². The van der Waals surface area contributed by atoms with Gasteiger partial charge in [0.25, 0.3) is 0 Å².